The molecule has 4 rings (SSSR count). The van der Waals surface area contributed by atoms with Gasteiger partial charge in [0.1, 0.15) is 5.56 Å². The number of carbonyl (C=O) groups is 1. The number of aromatic amines is 1. The van der Waals surface area contributed by atoms with Crippen LogP contribution >= 0.6 is 0 Å². The van der Waals surface area contributed by atoms with E-state index in [1.165, 1.54) is 0 Å². The fourth-order valence-corrected chi connectivity index (χ4v) is 3.87. The quantitative estimate of drug-likeness (QED) is 0.687. The minimum atomic E-state index is -0.389. The molecule has 28 heavy (non-hydrogen) atoms. The van der Waals surface area contributed by atoms with Crippen LogP contribution < -0.4 is 10.9 Å². The Bertz CT molecular complexity index is 1040. The van der Waals surface area contributed by atoms with Gasteiger partial charge in [-0.05, 0) is 48.9 Å². The maximum absolute atomic E-state index is 13.1. The van der Waals surface area contributed by atoms with Crippen LogP contribution in [0.15, 0.2) is 53.5 Å². The number of pyridine rings is 1. The third-order valence-electron chi connectivity index (χ3n) is 5.40. The molecule has 2 N–H and O–H groups in total. The van der Waals surface area contributed by atoms with Crippen molar-refractivity contribution in [1.29, 1.82) is 0 Å². The first kappa shape index (κ1) is 18.2. The lowest BCUT2D eigenvalue weighted by Gasteiger charge is -2.20. The molecule has 0 saturated heterocycles. The number of hydrogen-bond donors (Lipinski definition) is 2. The van der Waals surface area contributed by atoms with E-state index in [2.05, 4.69) is 15.4 Å². The lowest BCUT2D eigenvalue weighted by molar-refractivity contribution is 0.0940. The number of aryl methyl sites for hydroxylation is 3. The number of hydrogen-bond acceptors (Lipinski definition) is 3. The number of fused-ring (bicyclic) bond motifs is 1. The van der Waals surface area contributed by atoms with Crippen LogP contribution in [0.2, 0.25) is 0 Å². The molecule has 0 aliphatic heterocycles. The SMILES string of the molecule is Cn1nccc1C(NC(=O)c1cc2c([nH]c1=O)CCCCC2)c1ccccc1. The van der Waals surface area contributed by atoms with Gasteiger partial charge in [-0.25, -0.2) is 0 Å². The van der Waals surface area contributed by atoms with Gasteiger partial charge >= 0.3 is 0 Å². The van der Waals surface area contributed by atoms with Crippen LogP contribution in [0.25, 0.3) is 0 Å². The summed E-state index contributed by atoms with van der Waals surface area (Å²) in [7, 11) is 1.84. The average molecular weight is 376 g/mol. The van der Waals surface area contributed by atoms with Crippen LogP contribution in [0, 0.1) is 0 Å². The minimum Gasteiger partial charge on any atom is -0.339 e. The second-order valence-electron chi connectivity index (χ2n) is 7.27. The molecule has 2 heterocycles. The molecule has 0 fully saturated rings. The molecule has 6 nitrogen and oxygen atoms in total. The molecule has 0 saturated carbocycles. The van der Waals surface area contributed by atoms with Crippen molar-refractivity contribution in [2.75, 3.05) is 0 Å². The number of nitrogens with one attached hydrogen (secondary N) is 2. The first-order chi connectivity index (χ1) is 13.6. The molecular formula is C22H24N4O2. The van der Waals surface area contributed by atoms with Gasteiger partial charge in [0, 0.05) is 18.9 Å². The molecule has 0 spiro atoms. The molecule has 144 valence electrons. The zero-order valence-corrected chi connectivity index (χ0v) is 15.9. The highest BCUT2D eigenvalue weighted by atomic mass is 16.2. The van der Waals surface area contributed by atoms with Crippen molar-refractivity contribution in [2.45, 2.75) is 38.1 Å². The Morgan fingerprint density at radius 2 is 1.93 bits per heavy atom. The number of carbonyl (C=O) groups excluding carboxylic acids is 1. The summed E-state index contributed by atoms with van der Waals surface area (Å²) in [5.41, 5.74) is 3.69. The Hall–Kier alpha value is -3.15. The summed E-state index contributed by atoms with van der Waals surface area (Å²) in [6, 6.07) is 13.0. The van der Waals surface area contributed by atoms with Crippen molar-refractivity contribution in [3.63, 3.8) is 0 Å². The van der Waals surface area contributed by atoms with Crippen molar-refractivity contribution >= 4 is 5.91 Å². The monoisotopic (exact) mass is 376 g/mol. The maximum atomic E-state index is 13.1. The maximum Gasteiger partial charge on any atom is 0.261 e. The van der Waals surface area contributed by atoms with E-state index in [4.69, 9.17) is 0 Å². The molecule has 1 unspecified atom stereocenters. The van der Waals surface area contributed by atoms with Crippen LogP contribution in [0.5, 0.6) is 0 Å². The third kappa shape index (κ3) is 3.63. The molecule has 0 radical (unpaired) electrons. The van der Waals surface area contributed by atoms with Crippen LogP contribution in [0.4, 0.5) is 0 Å². The summed E-state index contributed by atoms with van der Waals surface area (Å²) in [5.74, 6) is -0.372. The van der Waals surface area contributed by atoms with Gasteiger partial charge in [0.05, 0.1) is 11.7 Å². The molecule has 1 atom stereocenters. The zero-order valence-electron chi connectivity index (χ0n) is 15.9. The second-order valence-corrected chi connectivity index (χ2v) is 7.27. The van der Waals surface area contributed by atoms with E-state index in [0.717, 1.165) is 54.6 Å². The third-order valence-corrected chi connectivity index (χ3v) is 5.40. The first-order valence-electron chi connectivity index (χ1n) is 9.72. The van der Waals surface area contributed by atoms with Crippen molar-refractivity contribution in [2.24, 2.45) is 7.05 Å². The highest BCUT2D eigenvalue weighted by Gasteiger charge is 2.23. The molecule has 1 aliphatic rings. The predicted molar refractivity (Wildman–Crippen MR) is 107 cm³/mol. The standard InChI is InChI=1S/C22H24N4O2/c1-26-19(12-13-23-26)20(15-8-4-2-5-9-15)25-22(28)17-14-16-10-6-3-7-11-18(16)24-21(17)27/h2,4-5,8-9,12-14,20H,3,6-7,10-11H2,1H3,(H,24,27)(H,25,28). The van der Waals surface area contributed by atoms with Crippen molar-refractivity contribution in [3.05, 3.63) is 87.1 Å². The number of benzene rings is 1. The summed E-state index contributed by atoms with van der Waals surface area (Å²) in [4.78, 5) is 28.6. The van der Waals surface area contributed by atoms with E-state index in [0.29, 0.717) is 0 Å². The summed E-state index contributed by atoms with van der Waals surface area (Å²) >= 11 is 0. The van der Waals surface area contributed by atoms with Gasteiger partial charge in [0.15, 0.2) is 0 Å². The first-order valence-corrected chi connectivity index (χ1v) is 9.72. The Labute approximate surface area is 163 Å². The normalized spacial score (nSPS) is 14.8. The number of rotatable bonds is 4. The highest BCUT2D eigenvalue weighted by molar-refractivity contribution is 5.94. The van der Waals surface area contributed by atoms with E-state index in [-0.39, 0.29) is 23.1 Å². The Morgan fingerprint density at radius 1 is 1.14 bits per heavy atom. The van der Waals surface area contributed by atoms with E-state index >= 15 is 0 Å². The number of H-pyrrole nitrogens is 1. The summed E-state index contributed by atoms with van der Waals surface area (Å²) < 4.78 is 1.74. The van der Waals surface area contributed by atoms with Gasteiger partial charge in [-0.1, -0.05) is 36.8 Å². The van der Waals surface area contributed by atoms with Gasteiger partial charge < -0.3 is 10.3 Å². The summed E-state index contributed by atoms with van der Waals surface area (Å²) in [5, 5.41) is 7.26. The van der Waals surface area contributed by atoms with Crippen molar-refractivity contribution in [3.8, 4) is 0 Å². The van der Waals surface area contributed by atoms with Gasteiger partial charge in [-0.15, -0.1) is 0 Å². The van der Waals surface area contributed by atoms with Gasteiger partial charge in [0.2, 0.25) is 0 Å². The van der Waals surface area contributed by atoms with Crippen LogP contribution in [0.3, 0.4) is 0 Å². The Morgan fingerprint density at radius 3 is 2.68 bits per heavy atom. The Balaban J connectivity index is 1.68. The van der Waals surface area contributed by atoms with E-state index in [1.807, 2.05) is 43.4 Å². The lowest BCUT2D eigenvalue weighted by Crippen LogP contribution is -2.34. The van der Waals surface area contributed by atoms with Crippen molar-refractivity contribution in [1.82, 2.24) is 20.1 Å². The largest absolute Gasteiger partial charge is 0.339 e. The van der Waals surface area contributed by atoms with E-state index in [9.17, 15) is 9.59 Å². The number of aromatic nitrogens is 3. The van der Waals surface area contributed by atoms with E-state index < -0.39 is 0 Å². The predicted octanol–water partition coefficient (Wildman–Crippen LogP) is 2.90. The molecular weight excluding hydrogens is 352 g/mol. The molecule has 6 heteroatoms. The molecule has 1 amide bonds. The van der Waals surface area contributed by atoms with Crippen LogP contribution in [0.1, 0.15) is 58.2 Å². The summed E-state index contributed by atoms with van der Waals surface area (Å²) in [6.07, 6.45) is 6.78. The Kier molecular flexibility index (Phi) is 5.10. The fourth-order valence-electron chi connectivity index (χ4n) is 3.87. The fraction of sp³-hybridized carbons (Fsp3) is 0.318. The molecule has 2 aromatic heterocycles. The lowest BCUT2D eigenvalue weighted by atomic mass is 10.0. The minimum absolute atomic E-state index is 0.170. The smallest absolute Gasteiger partial charge is 0.261 e. The topological polar surface area (TPSA) is 79.8 Å². The van der Waals surface area contributed by atoms with E-state index in [1.54, 1.807) is 16.9 Å². The molecule has 3 aromatic rings. The second kappa shape index (κ2) is 7.84. The van der Waals surface area contributed by atoms with Gasteiger partial charge in [-0.2, -0.15) is 5.10 Å². The van der Waals surface area contributed by atoms with Gasteiger partial charge in [0.25, 0.3) is 11.5 Å². The summed E-state index contributed by atoms with van der Waals surface area (Å²) in [6.45, 7) is 0. The molecule has 1 aromatic carbocycles. The van der Waals surface area contributed by atoms with Crippen molar-refractivity contribution < 1.29 is 4.79 Å². The van der Waals surface area contributed by atoms with Crippen LogP contribution in [-0.2, 0) is 19.9 Å². The van der Waals surface area contributed by atoms with Gasteiger partial charge in [-0.3, -0.25) is 14.3 Å². The van der Waals surface area contributed by atoms with Crippen LogP contribution in [-0.4, -0.2) is 20.7 Å². The molecule has 1 aliphatic carbocycles. The number of amides is 1. The zero-order chi connectivity index (χ0) is 19.5. The number of nitrogens with zero attached hydrogens (tertiary/aromatic N) is 2. The molecule has 0 bridgehead atoms. The highest BCUT2D eigenvalue weighted by Crippen LogP contribution is 2.22. The average Bonchev–Trinajstić information content (AvgIpc) is 2.99.